The Kier molecular flexibility index (Phi) is 8.73. The molecule has 3 heterocycles. The molecule has 0 radical (unpaired) electrons. The second-order valence-corrected chi connectivity index (χ2v) is 9.62. The summed E-state index contributed by atoms with van der Waals surface area (Å²) < 4.78 is 6.07. The second-order valence-electron chi connectivity index (χ2n) is 9.62. The monoisotopic (exact) mass is 533 g/mol. The van der Waals surface area contributed by atoms with Crippen LogP contribution in [-0.4, -0.2) is 91.0 Å². The van der Waals surface area contributed by atoms with Crippen molar-refractivity contribution in [1.82, 2.24) is 25.8 Å². The molecular formula is C27H31N7O5. The Morgan fingerprint density at radius 1 is 1.03 bits per heavy atom. The van der Waals surface area contributed by atoms with Gasteiger partial charge in [-0.15, -0.1) is 0 Å². The molecule has 39 heavy (non-hydrogen) atoms. The summed E-state index contributed by atoms with van der Waals surface area (Å²) in [6.45, 7) is 1.75. The van der Waals surface area contributed by atoms with Gasteiger partial charge in [0, 0.05) is 26.6 Å². The number of nitriles is 1. The van der Waals surface area contributed by atoms with Gasteiger partial charge in [0.25, 0.3) is 5.91 Å². The largest absolute Gasteiger partial charge is 0.360 e. The molecule has 12 nitrogen and oxygen atoms in total. The zero-order chi connectivity index (χ0) is 27.9. The van der Waals surface area contributed by atoms with Gasteiger partial charge < -0.3 is 30.5 Å². The number of ether oxygens (including phenoxy) is 1. The Bertz CT molecular complexity index is 1260. The van der Waals surface area contributed by atoms with Crippen LogP contribution in [0.2, 0.25) is 0 Å². The van der Waals surface area contributed by atoms with Gasteiger partial charge in [-0.25, -0.2) is 4.98 Å². The van der Waals surface area contributed by atoms with E-state index in [1.165, 1.54) is 11.9 Å². The number of likely N-dealkylation sites (N-methyl/N-ethyl adjacent to an activating group) is 1. The maximum absolute atomic E-state index is 13.5. The fourth-order valence-electron chi connectivity index (χ4n) is 4.54. The number of morpholine rings is 1. The number of benzene rings is 1. The van der Waals surface area contributed by atoms with Crippen LogP contribution >= 0.6 is 0 Å². The van der Waals surface area contributed by atoms with Crippen molar-refractivity contribution in [2.24, 2.45) is 0 Å². The van der Waals surface area contributed by atoms with E-state index in [0.29, 0.717) is 12.4 Å². The summed E-state index contributed by atoms with van der Waals surface area (Å²) in [5, 5.41) is 17.5. The molecule has 1 aromatic heterocycles. The number of carbonyl (C=O) groups excluding carboxylic acids is 4. The summed E-state index contributed by atoms with van der Waals surface area (Å²) in [7, 11) is 1.47. The first kappa shape index (κ1) is 27.5. The molecule has 0 aliphatic carbocycles. The maximum atomic E-state index is 13.5. The van der Waals surface area contributed by atoms with E-state index in [1.54, 1.807) is 25.1 Å². The van der Waals surface area contributed by atoms with Crippen LogP contribution in [0.5, 0.6) is 0 Å². The molecule has 1 aromatic carbocycles. The van der Waals surface area contributed by atoms with Gasteiger partial charge in [0.1, 0.15) is 29.7 Å². The van der Waals surface area contributed by atoms with Gasteiger partial charge in [-0.05, 0) is 24.6 Å². The van der Waals surface area contributed by atoms with Gasteiger partial charge >= 0.3 is 0 Å². The lowest BCUT2D eigenvalue weighted by molar-refractivity contribution is -0.143. The molecule has 204 valence electrons. The zero-order valence-electron chi connectivity index (χ0n) is 21.8. The molecule has 2 aliphatic rings. The minimum atomic E-state index is -0.994. The lowest BCUT2D eigenvalue weighted by atomic mass is 10.0. The van der Waals surface area contributed by atoms with E-state index in [2.05, 4.69) is 20.9 Å². The molecule has 0 saturated carbocycles. The van der Waals surface area contributed by atoms with Gasteiger partial charge in [-0.1, -0.05) is 36.4 Å². The first-order valence-electron chi connectivity index (χ1n) is 12.7. The molecule has 0 unspecified atom stereocenters. The SMILES string of the molecule is C[C@H]1NC(=O)CN(C)C(=O)[C@@H](Cc2ccccc2)NC(=O)[C@H]2CN(c3cccc(C#N)n3)C[C@H](CNC1=O)O2. The quantitative estimate of drug-likeness (QED) is 0.470. The van der Waals surface area contributed by atoms with E-state index in [4.69, 9.17) is 4.74 Å². The zero-order valence-corrected chi connectivity index (χ0v) is 21.8. The average Bonchev–Trinajstić information content (AvgIpc) is 2.94. The van der Waals surface area contributed by atoms with Crippen LogP contribution in [0, 0.1) is 11.3 Å². The Balaban J connectivity index is 1.64. The smallest absolute Gasteiger partial charge is 0.251 e. The second kappa shape index (κ2) is 12.4. The third-order valence-electron chi connectivity index (χ3n) is 6.56. The number of rotatable bonds is 3. The van der Waals surface area contributed by atoms with E-state index in [0.717, 1.165) is 5.56 Å². The summed E-state index contributed by atoms with van der Waals surface area (Å²) >= 11 is 0. The van der Waals surface area contributed by atoms with Crippen LogP contribution < -0.4 is 20.9 Å². The van der Waals surface area contributed by atoms with E-state index >= 15 is 0 Å². The van der Waals surface area contributed by atoms with Crippen molar-refractivity contribution in [3.8, 4) is 6.07 Å². The van der Waals surface area contributed by atoms with E-state index in [1.807, 2.05) is 41.3 Å². The first-order valence-corrected chi connectivity index (χ1v) is 12.7. The number of anilines is 1. The average molecular weight is 534 g/mol. The molecule has 4 atom stereocenters. The topological polar surface area (TPSA) is 157 Å². The fourth-order valence-corrected chi connectivity index (χ4v) is 4.54. The number of hydrogen-bond acceptors (Lipinski definition) is 8. The molecule has 0 spiro atoms. The molecule has 2 fully saturated rings. The number of hydrogen-bond donors (Lipinski definition) is 3. The summed E-state index contributed by atoms with van der Waals surface area (Å²) in [6.07, 6.45) is -1.39. The molecule has 4 amide bonds. The molecule has 2 bridgehead atoms. The number of amides is 4. The number of aromatic nitrogens is 1. The van der Waals surface area contributed by atoms with Crippen molar-refractivity contribution in [3.63, 3.8) is 0 Å². The number of carbonyl (C=O) groups is 4. The Morgan fingerprint density at radius 2 is 1.79 bits per heavy atom. The Labute approximate surface area is 226 Å². The van der Waals surface area contributed by atoms with Gasteiger partial charge in [-0.3, -0.25) is 19.2 Å². The van der Waals surface area contributed by atoms with E-state index in [9.17, 15) is 24.4 Å². The van der Waals surface area contributed by atoms with Gasteiger partial charge in [0.15, 0.2) is 6.10 Å². The molecule has 2 saturated heterocycles. The standard InChI is InChI=1S/C27H31N7O5/c1-17-25(36)29-13-20-14-34(23-10-6-9-19(12-28)31-23)15-22(39-20)26(37)32-21(11-18-7-4-3-5-8-18)27(38)33(2)16-24(35)30-17/h3-10,17,20-22H,11,13-16H2,1-2H3,(H,29,36)(H,30,35)(H,32,37)/t17-,20+,21-,22-/m1/s1. The summed E-state index contributed by atoms with van der Waals surface area (Å²) in [5.41, 5.74) is 1.06. The van der Waals surface area contributed by atoms with Crippen molar-refractivity contribution in [3.05, 3.63) is 59.8 Å². The predicted octanol–water partition coefficient (Wildman–Crippen LogP) is -0.653. The lowest BCUT2D eigenvalue weighted by Crippen LogP contribution is -2.59. The van der Waals surface area contributed by atoms with E-state index in [-0.39, 0.29) is 31.7 Å². The number of nitrogens with one attached hydrogen (secondary N) is 3. The van der Waals surface area contributed by atoms with Crippen LogP contribution in [0.4, 0.5) is 5.82 Å². The highest BCUT2D eigenvalue weighted by molar-refractivity contribution is 5.93. The summed E-state index contributed by atoms with van der Waals surface area (Å²) in [6, 6.07) is 14.4. The number of pyridine rings is 1. The highest BCUT2D eigenvalue weighted by Gasteiger charge is 2.36. The number of fused-ring (bicyclic) bond motifs is 2. The molecule has 2 aromatic rings. The summed E-state index contributed by atoms with van der Waals surface area (Å²) in [4.78, 5) is 59.5. The molecular weight excluding hydrogens is 502 g/mol. The van der Waals surface area contributed by atoms with Crippen molar-refractivity contribution < 1.29 is 23.9 Å². The van der Waals surface area contributed by atoms with Gasteiger partial charge in [0.2, 0.25) is 17.7 Å². The number of nitrogens with zero attached hydrogens (tertiary/aromatic N) is 4. The van der Waals surface area contributed by atoms with Crippen LogP contribution in [0.25, 0.3) is 0 Å². The third kappa shape index (κ3) is 7.08. The molecule has 12 heteroatoms. The fraction of sp³-hybridized carbons (Fsp3) is 0.407. The predicted molar refractivity (Wildman–Crippen MR) is 140 cm³/mol. The van der Waals surface area contributed by atoms with Crippen LogP contribution in [0.1, 0.15) is 18.2 Å². The Morgan fingerprint density at radius 3 is 2.54 bits per heavy atom. The van der Waals surface area contributed by atoms with Crippen molar-refractivity contribution in [2.75, 3.05) is 38.1 Å². The third-order valence-corrected chi connectivity index (χ3v) is 6.56. The Hall–Kier alpha value is -4.50. The minimum Gasteiger partial charge on any atom is -0.360 e. The first-order chi connectivity index (χ1) is 18.7. The molecule has 3 N–H and O–H groups in total. The van der Waals surface area contributed by atoms with Crippen molar-refractivity contribution >= 4 is 29.4 Å². The van der Waals surface area contributed by atoms with Crippen LogP contribution in [-0.2, 0) is 30.3 Å². The van der Waals surface area contributed by atoms with Gasteiger partial charge in [-0.2, -0.15) is 5.26 Å². The molecule has 2 aliphatic heterocycles. The van der Waals surface area contributed by atoms with Crippen molar-refractivity contribution in [1.29, 1.82) is 5.26 Å². The highest BCUT2D eigenvalue weighted by Crippen LogP contribution is 2.20. The van der Waals surface area contributed by atoms with E-state index < -0.39 is 47.9 Å². The normalized spacial score (nSPS) is 24.9. The highest BCUT2D eigenvalue weighted by atomic mass is 16.5. The molecule has 4 rings (SSSR count). The van der Waals surface area contributed by atoms with Crippen LogP contribution in [0.15, 0.2) is 48.5 Å². The van der Waals surface area contributed by atoms with Crippen LogP contribution in [0.3, 0.4) is 0 Å². The minimum absolute atomic E-state index is 0.0730. The van der Waals surface area contributed by atoms with Gasteiger partial charge in [0.05, 0.1) is 19.2 Å². The lowest BCUT2D eigenvalue weighted by Gasteiger charge is -2.38. The van der Waals surface area contributed by atoms with Crippen molar-refractivity contribution in [2.45, 2.75) is 37.6 Å². The summed E-state index contributed by atoms with van der Waals surface area (Å²) in [5.74, 6) is -1.41. The maximum Gasteiger partial charge on any atom is 0.251 e.